The lowest BCUT2D eigenvalue weighted by atomic mass is 9.95. The van der Waals surface area contributed by atoms with Gasteiger partial charge in [0.15, 0.2) is 0 Å². The number of fused-ring (bicyclic) bond motifs is 1. The Balaban J connectivity index is 1.06. The summed E-state index contributed by atoms with van der Waals surface area (Å²) in [5.41, 5.74) is 5.92. The van der Waals surface area contributed by atoms with Gasteiger partial charge in [-0.05, 0) is 54.2 Å². The lowest BCUT2D eigenvalue weighted by Crippen LogP contribution is -2.57. The van der Waals surface area contributed by atoms with E-state index in [1.54, 1.807) is 0 Å². The van der Waals surface area contributed by atoms with Gasteiger partial charge >= 0.3 is 6.09 Å². The van der Waals surface area contributed by atoms with Gasteiger partial charge in [0.05, 0.1) is 23.7 Å². The van der Waals surface area contributed by atoms with Crippen molar-refractivity contribution in [3.8, 4) is 23.0 Å². The quantitative estimate of drug-likeness (QED) is 0.183. The number of aliphatic hydroxyl groups is 1. The largest absolute Gasteiger partial charge is 0.473 e. The fourth-order valence-electron chi connectivity index (χ4n) is 7.13. The molecule has 1 amide bonds. The number of piperidine rings is 1. The molecular formula is C39H44N6O5. The van der Waals surface area contributed by atoms with E-state index >= 15 is 0 Å². The summed E-state index contributed by atoms with van der Waals surface area (Å²) in [6, 6.07) is 30.1. The Morgan fingerprint density at radius 2 is 1.56 bits per heavy atom. The van der Waals surface area contributed by atoms with Crippen LogP contribution < -0.4 is 14.4 Å². The van der Waals surface area contributed by atoms with Gasteiger partial charge in [0.2, 0.25) is 11.8 Å². The molecule has 0 saturated carbocycles. The Morgan fingerprint density at radius 3 is 2.24 bits per heavy atom. The highest BCUT2D eigenvalue weighted by Crippen LogP contribution is 2.37. The molecule has 260 valence electrons. The van der Waals surface area contributed by atoms with Gasteiger partial charge in [-0.15, -0.1) is 0 Å². The van der Waals surface area contributed by atoms with E-state index in [9.17, 15) is 15.0 Å². The summed E-state index contributed by atoms with van der Waals surface area (Å²) in [6.07, 6.45) is 1.17. The highest BCUT2D eigenvalue weighted by molar-refractivity contribution is 5.96. The summed E-state index contributed by atoms with van der Waals surface area (Å²) < 4.78 is 14.3. The Bertz CT molecular complexity index is 1890. The van der Waals surface area contributed by atoms with Gasteiger partial charge in [-0.3, -0.25) is 9.58 Å². The Hall–Kier alpha value is -5.13. The highest BCUT2D eigenvalue weighted by atomic mass is 16.5. The molecule has 2 saturated heterocycles. The summed E-state index contributed by atoms with van der Waals surface area (Å²) in [5, 5.41) is 25.2. The summed E-state index contributed by atoms with van der Waals surface area (Å²) in [6.45, 7) is 5.19. The Morgan fingerprint density at radius 1 is 0.860 bits per heavy atom. The molecule has 1 unspecified atom stereocenters. The normalized spacial score (nSPS) is 17.3. The molecule has 2 fully saturated rings. The molecule has 0 spiro atoms. The lowest BCUT2D eigenvalue weighted by Gasteiger charge is -2.42. The van der Waals surface area contributed by atoms with Crippen LogP contribution in [0.15, 0.2) is 91.0 Å². The maximum absolute atomic E-state index is 11.5. The van der Waals surface area contributed by atoms with Crippen molar-refractivity contribution >= 4 is 22.7 Å². The number of hydrogen-bond acceptors (Lipinski definition) is 8. The highest BCUT2D eigenvalue weighted by Gasteiger charge is 2.31. The number of aryl methyl sites for hydroxylation is 1. The van der Waals surface area contributed by atoms with Crippen molar-refractivity contribution in [1.29, 1.82) is 0 Å². The number of aliphatic hydroxyl groups excluding tert-OH is 1. The van der Waals surface area contributed by atoms with Gasteiger partial charge in [-0.2, -0.15) is 10.1 Å². The lowest BCUT2D eigenvalue weighted by molar-refractivity contribution is 0.0345. The number of amides is 1. The first-order valence-electron chi connectivity index (χ1n) is 17.3. The number of benzene rings is 3. The summed E-state index contributed by atoms with van der Waals surface area (Å²) in [7, 11) is 1.97. The number of nitrogens with zero attached hydrogens (tertiary/aromatic N) is 6. The molecule has 11 nitrogen and oxygen atoms in total. The molecule has 1 atom stereocenters. The molecule has 2 aliphatic rings. The van der Waals surface area contributed by atoms with Crippen molar-refractivity contribution in [2.75, 3.05) is 50.8 Å². The number of carbonyl (C=O) groups is 1. The number of ether oxygens (including phenoxy) is 2. The van der Waals surface area contributed by atoms with Crippen LogP contribution in [0.2, 0.25) is 0 Å². The van der Waals surface area contributed by atoms with Gasteiger partial charge in [-0.1, -0.05) is 60.7 Å². The number of carboxylic acid groups (broad SMARTS) is 1. The first-order chi connectivity index (χ1) is 24.4. The SMILES string of the molecule is Cn1nc(-c2ccc(OCc3ccccc3)nc2OCc2ccccc2)c2ccc(N3CCC(CN4CCN(C(=O)O)C(CO)C4)CC3)cc21. The van der Waals surface area contributed by atoms with E-state index in [1.165, 1.54) is 10.6 Å². The van der Waals surface area contributed by atoms with Crippen molar-refractivity contribution in [3.63, 3.8) is 0 Å². The molecule has 0 radical (unpaired) electrons. The number of hydrogen-bond donors (Lipinski definition) is 2. The Kier molecular flexibility index (Phi) is 10.1. The molecule has 0 aliphatic carbocycles. The van der Waals surface area contributed by atoms with E-state index in [0.29, 0.717) is 50.5 Å². The van der Waals surface area contributed by atoms with E-state index in [0.717, 1.165) is 65.8 Å². The molecule has 50 heavy (non-hydrogen) atoms. The van der Waals surface area contributed by atoms with Crippen LogP contribution >= 0.6 is 0 Å². The average Bonchev–Trinajstić information content (AvgIpc) is 3.49. The molecule has 7 rings (SSSR count). The van der Waals surface area contributed by atoms with Gasteiger partial charge in [0.25, 0.3) is 0 Å². The smallest absolute Gasteiger partial charge is 0.407 e. The van der Waals surface area contributed by atoms with Crippen molar-refractivity contribution < 1.29 is 24.5 Å². The molecule has 0 bridgehead atoms. The molecule has 2 N–H and O–H groups in total. The monoisotopic (exact) mass is 676 g/mol. The molecule has 2 aliphatic heterocycles. The van der Waals surface area contributed by atoms with E-state index < -0.39 is 6.09 Å². The second-order valence-corrected chi connectivity index (χ2v) is 13.2. The number of rotatable bonds is 11. The zero-order chi connectivity index (χ0) is 34.5. The third-order valence-corrected chi connectivity index (χ3v) is 9.89. The third-order valence-electron chi connectivity index (χ3n) is 9.89. The zero-order valence-electron chi connectivity index (χ0n) is 28.4. The molecule has 4 heterocycles. The summed E-state index contributed by atoms with van der Waals surface area (Å²) in [5.74, 6) is 1.50. The fraction of sp³-hybridized carbons (Fsp3) is 0.359. The van der Waals surface area contributed by atoms with Crippen molar-refractivity contribution in [3.05, 3.63) is 102 Å². The van der Waals surface area contributed by atoms with Crippen LogP contribution in [0.4, 0.5) is 10.5 Å². The van der Waals surface area contributed by atoms with Crippen LogP contribution in [0, 0.1) is 5.92 Å². The van der Waals surface area contributed by atoms with Crippen LogP contribution in [0.1, 0.15) is 24.0 Å². The average molecular weight is 677 g/mol. The second kappa shape index (κ2) is 15.2. The predicted octanol–water partition coefficient (Wildman–Crippen LogP) is 5.67. The number of aromatic nitrogens is 3. The number of pyridine rings is 1. The second-order valence-electron chi connectivity index (χ2n) is 13.2. The van der Waals surface area contributed by atoms with Crippen molar-refractivity contribution in [2.24, 2.45) is 13.0 Å². The third kappa shape index (κ3) is 7.54. The van der Waals surface area contributed by atoms with Crippen LogP contribution in [0.25, 0.3) is 22.2 Å². The number of piperazine rings is 1. The molecule has 2 aromatic heterocycles. The molecule has 3 aromatic carbocycles. The fourth-order valence-corrected chi connectivity index (χ4v) is 7.13. The first-order valence-corrected chi connectivity index (χ1v) is 17.3. The summed E-state index contributed by atoms with van der Waals surface area (Å²) in [4.78, 5) is 22.4. The maximum Gasteiger partial charge on any atom is 0.407 e. The van der Waals surface area contributed by atoms with Crippen LogP contribution in [0.5, 0.6) is 11.8 Å². The first kappa shape index (κ1) is 33.4. The maximum atomic E-state index is 11.5. The van der Waals surface area contributed by atoms with Gasteiger partial charge < -0.3 is 29.5 Å². The van der Waals surface area contributed by atoms with Crippen molar-refractivity contribution in [2.45, 2.75) is 32.1 Å². The topological polar surface area (TPSA) is 116 Å². The van der Waals surface area contributed by atoms with Gasteiger partial charge in [-0.25, -0.2) is 4.79 Å². The molecule has 5 aromatic rings. The minimum atomic E-state index is -0.954. The van der Waals surface area contributed by atoms with E-state index in [-0.39, 0.29) is 12.6 Å². The van der Waals surface area contributed by atoms with Crippen LogP contribution in [-0.4, -0.2) is 92.8 Å². The van der Waals surface area contributed by atoms with E-state index in [2.05, 4.69) is 28.0 Å². The predicted molar refractivity (Wildman–Crippen MR) is 192 cm³/mol. The molecular weight excluding hydrogens is 632 g/mol. The van der Waals surface area contributed by atoms with E-state index in [1.807, 2.05) is 84.5 Å². The Labute approximate surface area is 292 Å². The van der Waals surface area contributed by atoms with E-state index in [4.69, 9.17) is 19.6 Å². The minimum absolute atomic E-state index is 0.146. The molecule has 11 heteroatoms. The number of anilines is 1. The van der Waals surface area contributed by atoms with Crippen LogP contribution in [-0.2, 0) is 20.3 Å². The van der Waals surface area contributed by atoms with Gasteiger partial charge in [0, 0.05) is 63.5 Å². The van der Waals surface area contributed by atoms with Crippen LogP contribution in [0.3, 0.4) is 0 Å². The summed E-state index contributed by atoms with van der Waals surface area (Å²) >= 11 is 0. The van der Waals surface area contributed by atoms with Crippen molar-refractivity contribution in [1.82, 2.24) is 24.6 Å². The minimum Gasteiger partial charge on any atom is -0.473 e. The van der Waals surface area contributed by atoms with Gasteiger partial charge in [0.1, 0.15) is 18.9 Å². The zero-order valence-corrected chi connectivity index (χ0v) is 28.4. The standard InChI is InChI=1S/C39H44N6O5/c1-42-35-22-31(44-18-16-28(17-19-44)23-43-20-21-45(39(47)48)32(24-43)25-46)12-13-33(35)37(41-42)34-14-15-36(49-26-29-8-4-2-5-9-29)40-38(34)50-27-30-10-6-3-7-11-30/h2-15,22,28,32,46H,16-21,23-27H2,1H3,(H,47,48).